The Balaban J connectivity index is 1.71. The lowest BCUT2D eigenvalue weighted by Gasteiger charge is -2.25. The van der Waals surface area contributed by atoms with Gasteiger partial charge in [0.25, 0.3) is 5.91 Å². The molecule has 3 N–H and O–H groups in total. The summed E-state index contributed by atoms with van der Waals surface area (Å²) in [5, 5.41) is 2.69. The number of carbonyl (C=O) groups excluding carboxylic acids is 2. The van der Waals surface area contributed by atoms with Gasteiger partial charge < -0.3 is 20.7 Å². The van der Waals surface area contributed by atoms with Crippen molar-refractivity contribution < 1.29 is 31.5 Å². The molecule has 0 aliphatic carbocycles. The molecule has 0 saturated carbocycles. The highest BCUT2D eigenvalue weighted by molar-refractivity contribution is 7.91. The summed E-state index contributed by atoms with van der Waals surface area (Å²) in [6, 6.07) is 5.74. The molecule has 2 amide bonds. The molecule has 0 bridgehead atoms. The number of halogens is 2. The lowest BCUT2D eigenvalue weighted by Crippen LogP contribution is -2.45. The minimum Gasteiger partial charge on any atom is -0.381 e. The Morgan fingerprint density at radius 2 is 1.82 bits per heavy atom. The fourth-order valence-corrected chi connectivity index (χ4v) is 5.68. The second kappa shape index (κ2) is 9.77. The predicted molar refractivity (Wildman–Crippen MR) is 120 cm³/mol. The summed E-state index contributed by atoms with van der Waals surface area (Å²) in [5.74, 6) is -3.42. The van der Waals surface area contributed by atoms with Crippen molar-refractivity contribution >= 4 is 27.3 Å². The lowest BCUT2D eigenvalue weighted by atomic mass is 10.0. The first kappa shape index (κ1) is 24.2. The molecule has 182 valence electrons. The summed E-state index contributed by atoms with van der Waals surface area (Å²) in [7, 11) is -4.12. The normalized spacial score (nSPS) is 20.5. The fourth-order valence-electron chi connectivity index (χ4n) is 4.11. The largest absolute Gasteiger partial charge is 0.381 e. The maximum atomic E-state index is 14.9. The second-order valence-electron chi connectivity index (χ2n) is 8.50. The molecule has 1 fully saturated rings. The summed E-state index contributed by atoms with van der Waals surface area (Å²) in [4.78, 5) is 26.5. The van der Waals surface area contributed by atoms with Gasteiger partial charge in [-0.3, -0.25) is 9.59 Å². The Hall–Kier alpha value is -2.89. The molecule has 0 spiro atoms. The average molecular weight is 494 g/mol. The Bertz CT molecular complexity index is 1200. The summed E-state index contributed by atoms with van der Waals surface area (Å²) in [6.45, 7) is 1.36. The number of benzene rings is 2. The highest BCUT2D eigenvalue weighted by Gasteiger charge is 2.37. The molecule has 1 atom stereocenters. The monoisotopic (exact) mass is 493 g/mol. The molecule has 34 heavy (non-hydrogen) atoms. The Morgan fingerprint density at radius 3 is 2.50 bits per heavy atom. The van der Waals surface area contributed by atoms with Gasteiger partial charge in [-0.1, -0.05) is 12.1 Å². The van der Waals surface area contributed by atoms with E-state index in [1.807, 2.05) is 0 Å². The molecule has 0 radical (unpaired) electrons. The van der Waals surface area contributed by atoms with Crippen LogP contribution in [0.3, 0.4) is 0 Å². The number of hydrogen-bond acceptors (Lipinski definition) is 6. The molecule has 2 aromatic carbocycles. The molecule has 1 saturated heterocycles. The molecule has 11 heteroatoms. The average Bonchev–Trinajstić information content (AvgIpc) is 2.87. The van der Waals surface area contributed by atoms with E-state index in [0.29, 0.717) is 25.3 Å². The number of fused-ring (bicyclic) bond motifs is 1. The van der Waals surface area contributed by atoms with Crippen molar-refractivity contribution in [3.63, 3.8) is 0 Å². The first-order chi connectivity index (χ1) is 16.2. The second-order valence-corrected chi connectivity index (χ2v) is 10.5. The summed E-state index contributed by atoms with van der Waals surface area (Å²) in [6.07, 6.45) is 1.53. The predicted octanol–water partition coefficient (Wildman–Crippen LogP) is 1.77. The van der Waals surface area contributed by atoms with E-state index in [4.69, 9.17) is 10.5 Å². The summed E-state index contributed by atoms with van der Waals surface area (Å²) < 4.78 is 59.3. The molecular formula is C23H25F2N3O5S. The third-order valence-corrected chi connectivity index (χ3v) is 7.84. The van der Waals surface area contributed by atoms with Gasteiger partial charge in [0.1, 0.15) is 11.6 Å². The number of anilines is 1. The maximum Gasteiger partial charge on any atom is 0.254 e. The van der Waals surface area contributed by atoms with E-state index >= 15 is 0 Å². The zero-order valence-electron chi connectivity index (χ0n) is 18.3. The first-order valence-corrected chi connectivity index (χ1v) is 12.5. The van der Waals surface area contributed by atoms with Crippen LogP contribution in [-0.4, -0.2) is 51.8 Å². The SMILES string of the molecule is N[C@H]1CS(=O)(=O)c2cc(F)c(C(=O)NCC3CCOCC3)cc2N(Cc2ccc(F)cc2)C1=O. The van der Waals surface area contributed by atoms with E-state index in [2.05, 4.69) is 5.32 Å². The van der Waals surface area contributed by atoms with Gasteiger partial charge in [0.15, 0.2) is 9.84 Å². The number of ether oxygens (including phenoxy) is 1. The zero-order chi connectivity index (χ0) is 24.5. The van der Waals surface area contributed by atoms with Crippen LogP contribution < -0.4 is 16.0 Å². The third kappa shape index (κ3) is 5.11. The number of carbonyl (C=O) groups is 2. The van der Waals surface area contributed by atoms with Crippen LogP contribution in [-0.2, 0) is 25.9 Å². The van der Waals surface area contributed by atoms with Gasteiger partial charge in [-0.25, -0.2) is 17.2 Å². The van der Waals surface area contributed by atoms with Crippen LogP contribution in [0.15, 0.2) is 41.3 Å². The molecule has 2 aliphatic rings. The van der Waals surface area contributed by atoms with E-state index in [-0.39, 0.29) is 23.7 Å². The molecule has 0 unspecified atom stereocenters. The van der Waals surface area contributed by atoms with Gasteiger partial charge in [0.2, 0.25) is 5.91 Å². The lowest BCUT2D eigenvalue weighted by molar-refractivity contribution is -0.119. The Morgan fingerprint density at radius 1 is 1.15 bits per heavy atom. The fraction of sp³-hybridized carbons (Fsp3) is 0.391. The van der Waals surface area contributed by atoms with Crippen LogP contribution >= 0.6 is 0 Å². The van der Waals surface area contributed by atoms with Gasteiger partial charge >= 0.3 is 0 Å². The van der Waals surface area contributed by atoms with Crippen molar-refractivity contribution in [2.45, 2.75) is 30.3 Å². The molecule has 2 aliphatic heterocycles. The molecule has 8 nitrogen and oxygen atoms in total. The van der Waals surface area contributed by atoms with Crippen molar-refractivity contribution in [2.24, 2.45) is 11.7 Å². The molecule has 0 aromatic heterocycles. The van der Waals surface area contributed by atoms with E-state index in [1.54, 1.807) is 0 Å². The van der Waals surface area contributed by atoms with E-state index in [9.17, 15) is 26.8 Å². The molecule has 2 heterocycles. The molecular weight excluding hydrogens is 468 g/mol. The zero-order valence-corrected chi connectivity index (χ0v) is 19.1. The number of nitrogens with one attached hydrogen (secondary N) is 1. The van der Waals surface area contributed by atoms with Crippen LogP contribution in [0.25, 0.3) is 0 Å². The number of rotatable bonds is 5. The smallest absolute Gasteiger partial charge is 0.254 e. The van der Waals surface area contributed by atoms with Gasteiger partial charge in [-0.2, -0.15) is 0 Å². The van der Waals surface area contributed by atoms with Crippen molar-refractivity contribution in [1.82, 2.24) is 5.32 Å². The van der Waals surface area contributed by atoms with Gasteiger partial charge in [-0.05, 0) is 48.6 Å². The summed E-state index contributed by atoms with van der Waals surface area (Å²) in [5.41, 5.74) is 5.84. The Kier molecular flexibility index (Phi) is 6.96. The number of sulfone groups is 1. The minimum atomic E-state index is -4.12. The quantitative estimate of drug-likeness (QED) is 0.655. The van der Waals surface area contributed by atoms with Crippen molar-refractivity contribution in [1.29, 1.82) is 0 Å². The number of amides is 2. The third-order valence-electron chi connectivity index (χ3n) is 6.05. The number of hydrogen-bond donors (Lipinski definition) is 2. The topological polar surface area (TPSA) is 119 Å². The minimum absolute atomic E-state index is 0.135. The van der Waals surface area contributed by atoms with Crippen LogP contribution in [0.4, 0.5) is 14.5 Å². The van der Waals surface area contributed by atoms with Gasteiger partial charge in [-0.15, -0.1) is 0 Å². The highest BCUT2D eigenvalue weighted by atomic mass is 32.2. The highest BCUT2D eigenvalue weighted by Crippen LogP contribution is 2.34. The number of nitrogens with zero attached hydrogens (tertiary/aromatic N) is 1. The van der Waals surface area contributed by atoms with Gasteiger partial charge in [0.05, 0.1) is 34.5 Å². The maximum absolute atomic E-state index is 14.9. The van der Waals surface area contributed by atoms with Crippen LogP contribution in [0.5, 0.6) is 0 Å². The molecule has 4 rings (SSSR count). The summed E-state index contributed by atoms with van der Waals surface area (Å²) >= 11 is 0. The van der Waals surface area contributed by atoms with E-state index in [0.717, 1.165) is 29.9 Å². The van der Waals surface area contributed by atoms with E-state index in [1.165, 1.54) is 24.3 Å². The Labute approximate surface area is 196 Å². The standard InChI is InChI=1S/C23H25F2N3O5S/c24-16-3-1-15(2-4-16)12-28-20-9-17(22(29)27-11-14-5-7-33-8-6-14)18(25)10-21(20)34(31,32)13-19(26)23(28)30/h1-4,9-10,14,19H,5-8,11-13,26H2,(H,27,29)/t19-/m0/s1. The first-order valence-electron chi connectivity index (χ1n) is 10.9. The number of nitrogens with two attached hydrogens (primary N) is 1. The van der Waals surface area contributed by atoms with Crippen molar-refractivity contribution in [3.8, 4) is 0 Å². The van der Waals surface area contributed by atoms with Gasteiger partial charge in [0, 0.05) is 19.8 Å². The van der Waals surface area contributed by atoms with Crippen LogP contribution in [0.2, 0.25) is 0 Å². The van der Waals surface area contributed by atoms with E-state index < -0.39 is 50.0 Å². The van der Waals surface area contributed by atoms with Crippen LogP contribution in [0, 0.1) is 17.6 Å². The van der Waals surface area contributed by atoms with Crippen LogP contribution in [0.1, 0.15) is 28.8 Å². The molecule has 2 aromatic rings. The van der Waals surface area contributed by atoms with Crippen molar-refractivity contribution in [3.05, 3.63) is 59.2 Å². The van der Waals surface area contributed by atoms with Crippen molar-refractivity contribution in [2.75, 3.05) is 30.4 Å².